The van der Waals surface area contributed by atoms with Gasteiger partial charge < -0.3 is 5.11 Å². The molecule has 0 radical (unpaired) electrons. The SMILES string of the molecule is Oc1c(Cl)ncnc1I. The summed E-state index contributed by atoms with van der Waals surface area (Å²) in [4.78, 5) is 7.22. The molecule has 0 aliphatic rings. The first-order valence-electron chi connectivity index (χ1n) is 2.07. The minimum Gasteiger partial charge on any atom is -0.503 e. The molecule has 48 valence electrons. The van der Waals surface area contributed by atoms with Crippen LogP contribution in [0.4, 0.5) is 0 Å². The van der Waals surface area contributed by atoms with Crippen molar-refractivity contribution in [2.24, 2.45) is 0 Å². The van der Waals surface area contributed by atoms with E-state index in [9.17, 15) is 0 Å². The molecular weight excluding hydrogens is 254 g/mol. The molecule has 0 saturated heterocycles. The van der Waals surface area contributed by atoms with E-state index in [-0.39, 0.29) is 10.9 Å². The predicted octanol–water partition coefficient (Wildman–Crippen LogP) is 1.44. The van der Waals surface area contributed by atoms with E-state index in [1.54, 1.807) is 0 Å². The van der Waals surface area contributed by atoms with Gasteiger partial charge in [-0.15, -0.1) is 0 Å². The van der Waals surface area contributed by atoms with Gasteiger partial charge in [0.15, 0.2) is 10.9 Å². The lowest BCUT2D eigenvalue weighted by molar-refractivity contribution is 0.465. The maximum atomic E-state index is 8.94. The Hall–Kier alpha value is -0.100. The summed E-state index contributed by atoms with van der Waals surface area (Å²) in [5.74, 6) is -0.0558. The van der Waals surface area contributed by atoms with Gasteiger partial charge in [-0.25, -0.2) is 9.97 Å². The maximum absolute atomic E-state index is 8.94. The quantitative estimate of drug-likeness (QED) is 0.564. The van der Waals surface area contributed by atoms with Crippen LogP contribution in [0.25, 0.3) is 0 Å². The van der Waals surface area contributed by atoms with Crippen molar-refractivity contribution >= 4 is 34.2 Å². The van der Waals surface area contributed by atoms with E-state index in [1.165, 1.54) is 6.33 Å². The topological polar surface area (TPSA) is 46.0 Å². The predicted molar refractivity (Wildman–Crippen MR) is 41.4 cm³/mol. The molecule has 0 amide bonds. The molecule has 0 atom stereocenters. The molecule has 0 saturated carbocycles. The van der Waals surface area contributed by atoms with Crippen molar-refractivity contribution in [1.82, 2.24) is 9.97 Å². The Labute approximate surface area is 70.2 Å². The Balaban J connectivity index is 3.25. The third-order valence-electron chi connectivity index (χ3n) is 0.733. The molecule has 1 aromatic rings. The number of halogens is 2. The van der Waals surface area contributed by atoms with Crippen LogP contribution in [0.3, 0.4) is 0 Å². The fraction of sp³-hybridized carbons (Fsp3) is 0. The number of hydrogen-bond donors (Lipinski definition) is 1. The fourth-order valence-corrected chi connectivity index (χ4v) is 1.01. The molecule has 0 aliphatic heterocycles. The fourth-order valence-electron chi connectivity index (χ4n) is 0.338. The van der Waals surface area contributed by atoms with Crippen LogP contribution in [-0.2, 0) is 0 Å². The number of hydrogen-bond acceptors (Lipinski definition) is 3. The lowest BCUT2D eigenvalue weighted by atomic mass is 10.6. The van der Waals surface area contributed by atoms with E-state index >= 15 is 0 Å². The molecule has 0 aromatic carbocycles. The van der Waals surface area contributed by atoms with Gasteiger partial charge >= 0.3 is 0 Å². The summed E-state index contributed by atoms with van der Waals surface area (Å²) in [5, 5.41) is 9.03. The smallest absolute Gasteiger partial charge is 0.185 e. The zero-order valence-corrected chi connectivity index (χ0v) is 7.09. The van der Waals surface area contributed by atoms with Crippen LogP contribution < -0.4 is 0 Å². The van der Waals surface area contributed by atoms with Gasteiger partial charge in [-0.1, -0.05) is 11.6 Å². The minimum atomic E-state index is -0.0558. The summed E-state index contributed by atoms with van der Waals surface area (Å²) < 4.78 is 0.465. The molecule has 0 spiro atoms. The minimum absolute atomic E-state index is 0.0558. The van der Waals surface area contributed by atoms with Gasteiger partial charge in [-0.05, 0) is 22.6 Å². The highest BCUT2D eigenvalue weighted by atomic mass is 127. The third kappa shape index (κ3) is 1.42. The van der Waals surface area contributed by atoms with Gasteiger partial charge in [0.2, 0.25) is 0 Å². The van der Waals surface area contributed by atoms with Crippen LogP contribution in [0.15, 0.2) is 6.33 Å². The summed E-state index contributed by atoms with van der Waals surface area (Å²) in [6.07, 6.45) is 1.30. The summed E-state index contributed by atoms with van der Waals surface area (Å²) in [6.45, 7) is 0. The van der Waals surface area contributed by atoms with E-state index < -0.39 is 0 Å². The van der Waals surface area contributed by atoms with Crippen LogP contribution in [-0.4, -0.2) is 15.1 Å². The molecule has 0 unspecified atom stereocenters. The Kier molecular flexibility index (Phi) is 2.07. The van der Waals surface area contributed by atoms with E-state index in [1.807, 2.05) is 22.6 Å². The van der Waals surface area contributed by atoms with Gasteiger partial charge in [0.05, 0.1) is 0 Å². The second-order valence-corrected chi connectivity index (χ2v) is 2.68. The summed E-state index contributed by atoms with van der Waals surface area (Å²) in [6, 6.07) is 0. The number of nitrogens with zero attached hydrogens (tertiary/aromatic N) is 2. The van der Waals surface area contributed by atoms with Crippen molar-refractivity contribution in [2.75, 3.05) is 0 Å². The zero-order valence-electron chi connectivity index (χ0n) is 4.17. The van der Waals surface area contributed by atoms with E-state index in [0.717, 1.165) is 0 Å². The number of aromatic hydroxyl groups is 1. The molecular formula is C4H2ClIN2O. The Morgan fingerprint density at radius 2 is 2.22 bits per heavy atom. The van der Waals surface area contributed by atoms with E-state index in [2.05, 4.69) is 9.97 Å². The highest BCUT2D eigenvalue weighted by Gasteiger charge is 2.02. The summed E-state index contributed by atoms with van der Waals surface area (Å²) >= 11 is 7.27. The summed E-state index contributed by atoms with van der Waals surface area (Å²) in [5.41, 5.74) is 0. The first-order chi connectivity index (χ1) is 4.22. The number of aromatic nitrogens is 2. The average Bonchev–Trinajstić information content (AvgIpc) is 1.83. The maximum Gasteiger partial charge on any atom is 0.185 e. The van der Waals surface area contributed by atoms with Crippen molar-refractivity contribution in [3.05, 3.63) is 15.2 Å². The standard InChI is InChI=1S/C4H2ClIN2O/c5-3-2(9)4(6)8-1-7-3/h1,9H. The highest BCUT2D eigenvalue weighted by molar-refractivity contribution is 14.1. The van der Waals surface area contributed by atoms with Crippen molar-refractivity contribution in [3.63, 3.8) is 0 Å². The molecule has 1 rings (SSSR count). The normalized spacial score (nSPS) is 9.56. The molecule has 0 fully saturated rings. The summed E-state index contributed by atoms with van der Waals surface area (Å²) in [7, 11) is 0. The molecule has 1 heterocycles. The second-order valence-electron chi connectivity index (χ2n) is 1.30. The van der Waals surface area contributed by atoms with Crippen LogP contribution in [0.1, 0.15) is 0 Å². The molecule has 3 nitrogen and oxygen atoms in total. The zero-order chi connectivity index (χ0) is 6.85. The average molecular weight is 256 g/mol. The molecule has 5 heteroatoms. The Morgan fingerprint density at radius 1 is 1.56 bits per heavy atom. The molecule has 1 aromatic heterocycles. The monoisotopic (exact) mass is 256 g/mol. The highest BCUT2D eigenvalue weighted by Crippen LogP contribution is 2.23. The first-order valence-corrected chi connectivity index (χ1v) is 3.52. The molecule has 9 heavy (non-hydrogen) atoms. The second kappa shape index (κ2) is 2.66. The van der Waals surface area contributed by atoms with Gasteiger partial charge in [0.25, 0.3) is 0 Å². The van der Waals surface area contributed by atoms with Gasteiger partial charge in [-0.2, -0.15) is 0 Å². The molecule has 1 N–H and O–H groups in total. The van der Waals surface area contributed by atoms with Crippen LogP contribution in [0.2, 0.25) is 5.15 Å². The van der Waals surface area contributed by atoms with Crippen LogP contribution in [0, 0.1) is 3.70 Å². The van der Waals surface area contributed by atoms with Crippen molar-refractivity contribution in [1.29, 1.82) is 0 Å². The van der Waals surface area contributed by atoms with Crippen molar-refractivity contribution in [2.45, 2.75) is 0 Å². The number of rotatable bonds is 0. The Morgan fingerprint density at radius 3 is 2.67 bits per heavy atom. The van der Waals surface area contributed by atoms with Gasteiger partial charge in [-0.3, -0.25) is 0 Å². The van der Waals surface area contributed by atoms with Crippen molar-refractivity contribution in [3.8, 4) is 5.75 Å². The molecule has 0 bridgehead atoms. The largest absolute Gasteiger partial charge is 0.503 e. The van der Waals surface area contributed by atoms with Gasteiger partial charge in [0, 0.05) is 0 Å². The van der Waals surface area contributed by atoms with E-state index in [0.29, 0.717) is 3.70 Å². The van der Waals surface area contributed by atoms with Crippen LogP contribution >= 0.6 is 34.2 Å². The Bertz CT molecular complexity index is 210. The van der Waals surface area contributed by atoms with E-state index in [4.69, 9.17) is 16.7 Å². The lowest BCUT2D eigenvalue weighted by Crippen LogP contribution is -1.83. The van der Waals surface area contributed by atoms with Gasteiger partial charge in [0.1, 0.15) is 10.0 Å². The van der Waals surface area contributed by atoms with Crippen molar-refractivity contribution < 1.29 is 5.11 Å². The first kappa shape index (κ1) is 7.01. The third-order valence-corrected chi connectivity index (χ3v) is 1.80. The van der Waals surface area contributed by atoms with Crippen LogP contribution in [0.5, 0.6) is 5.75 Å². The molecule has 0 aliphatic carbocycles. The lowest BCUT2D eigenvalue weighted by Gasteiger charge is -1.93.